The molecular weight excluding hydrogens is 384 g/mol. The summed E-state index contributed by atoms with van der Waals surface area (Å²) in [4.78, 5) is 13.2. The number of carbonyl (C=O) groups excluding carboxylic acids is 1. The van der Waals surface area contributed by atoms with Gasteiger partial charge in [-0.1, -0.05) is 48.5 Å². The maximum Gasteiger partial charge on any atom is 0.289 e. The number of hydrogen-bond acceptors (Lipinski definition) is 5. The summed E-state index contributed by atoms with van der Waals surface area (Å²) in [5.41, 5.74) is 5.43. The van der Waals surface area contributed by atoms with Crippen LogP contribution in [-0.2, 0) is 6.61 Å². The number of nitrogens with zero attached hydrogens (tertiary/aromatic N) is 2. The van der Waals surface area contributed by atoms with Crippen molar-refractivity contribution < 1.29 is 9.53 Å². The summed E-state index contributed by atoms with van der Waals surface area (Å²) in [6.07, 6.45) is 1.60. The molecule has 2 aromatic heterocycles. The third-order valence-electron chi connectivity index (χ3n) is 4.10. The summed E-state index contributed by atoms with van der Waals surface area (Å²) in [5.74, 6) is 0.383. The van der Waals surface area contributed by atoms with Gasteiger partial charge in [0.1, 0.15) is 18.1 Å². The van der Waals surface area contributed by atoms with Crippen molar-refractivity contribution in [2.45, 2.75) is 6.61 Å². The van der Waals surface area contributed by atoms with Crippen LogP contribution < -0.4 is 10.2 Å². The van der Waals surface area contributed by atoms with E-state index in [1.807, 2.05) is 72.1 Å². The minimum atomic E-state index is -0.354. The van der Waals surface area contributed by atoms with Gasteiger partial charge in [0.15, 0.2) is 0 Å². The van der Waals surface area contributed by atoms with Gasteiger partial charge in [0, 0.05) is 10.4 Å². The topological polar surface area (TPSA) is 79.4 Å². The van der Waals surface area contributed by atoms with Crippen LogP contribution in [0.25, 0.3) is 11.3 Å². The van der Waals surface area contributed by atoms with Crippen LogP contribution >= 0.6 is 11.3 Å². The number of ether oxygens (including phenoxy) is 1. The van der Waals surface area contributed by atoms with Crippen LogP contribution in [0.3, 0.4) is 0 Å². The van der Waals surface area contributed by atoms with E-state index in [1.165, 1.54) is 0 Å². The Labute approximate surface area is 171 Å². The number of hydrogen-bond donors (Lipinski definition) is 2. The number of benzene rings is 2. The normalized spacial score (nSPS) is 10.9. The van der Waals surface area contributed by atoms with Crippen molar-refractivity contribution in [3.63, 3.8) is 0 Å². The van der Waals surface area contributed by atoms with E-state index in [-0.39, 0.29) is 5.91 Å². The van der Waals surface area contributed by atoms with E-state index in [0.717, 1.165) is 21.8 Å². The Bertz CT molecular complexity index is 1100. The number of aromatic amines is 1. The molecule has 0 spiro atoms. The molecular formula is C22H18N4O2S. The smallest absolute Gasteiger partial charge is 0.289 e. The van der Waals surface area contributed by atoms with Crippen molar-refractivity contribution in [3.05, 3.63) is 94.3 Å². The van der Waals surface area contributed by atoms with Crippen LogP contribution in [-0.4, -0.2) is 22.3 Å². The predicted molar refractivity (Wildman–Crippen MR) is 114 cm³/mol. The molecule has 0 fully saturated rings. The zero-order valence-electron chi connectivity index (χ0n) is 15.4. The predicted octanol–water partition coefficient (Wildman–Crippen LogP) is 4.48. The molecule has 0 atom stereocenters. The first-order valence-electron chi connectivity index (χ1n) is 8.97. The molecule has 2 heterocycles. The first-order valence-corrected chi connectivity index (χ1v) is 9.85. The second-order valence-corrected chi connectivity index (χ2v) is 7.16. The third kappa shape index (κ3) is 4.97. The molecule has 0 saturated carbocycles. The number of amides is 1. The van der Waals surface area contributed by atoms with Crippen molar-refractivity contribution in [2.24, 2.45) is 5.10 Å². The summed E-state index contributed by atoms with van der Waals surface area (Å²) in [7, 11) is 0. The summed E-state index contributed by atoms with van der Waals surface area (Å²) >= 11 is 1.54. The number of aromatic nitrogens is 2. The monoisotopic (exact) mass is 402 g/mol. The Kier molecular flexibility index (Phi) is 5.78. The molecule has 0 saturated heterocycles. The van der Waals surface area contributed by atoms with Gasteiger partial charge in [0.05, 0.1) is 11.9 Å². The lowest BCUT2D eigenvalue weighted by molar-refractivity contribution is 0.0950. The lowest BCUT2D eigenvalue weighted by Gasteiger charge is -2.07. The van der Waals surface area contributed by atoms with Gasteiger partial charge in [-0.3, -0.25) is 9.89 Å². The first-order chi connectivity index (χ1) is 14.3. The Morgan fingerprint density at radius 3 is 2.83 bits per heavy atom. The molecule has 0 unspecified atom stereocenters. The molecule has 7 heteroatoms. The SMILES string of the molecule is O=C(NN=Cc1cccs1)c1cc(-c2cccc(OCc3ccccc3)c2)n[nH]1. The highest BCUT2D eigenvalue weighted by atomic mass is 32.1. The summed E-state index contributed by atoms with van der Waals surface area (Å²) in [6.45, 7) is 0.487. The van der Waals surface area contributed by atoms with E-state index >= 15 is 0 Å². The fraction of sp³-hybridized carbons (Fsp3) is 0.0455. The molecule has 2 aromatic carbocycles. The Morgan fingerprint density at radius 2 is 2.00 bits per heavy atom. The molecule has 0 radical (unpaired) electrons. The van der Waals surface area contributed by atoms with Gasteiger partial charge < -0.3 is 4.74 Å². The molecule has 0 aliphatic heterocycles. The molecule has 0 aliphatic carbocycles. The largest absolute Gasteiger partial charge is 0.489 e. The molecule has 0 aliphatic rings. The van der Waals surface area contributed by atoms with Crippen molar-refractivity contribution in [1.82, 2.24) is 15.6 Å². The molecule has 29 heavy (non-hydrogen) atoms. The van der Waals surface area contributed by atoms with Crippen molar-refractivity contribution >= 4 is 23.5 Å². The Hall–Kier alpha value is -3.71. The number of nitrogens with one attached hydrogen (secondary N) is 2. The lowest BCUT2D eigenvalue weighted by atomic mass is 10.1. The molecule has 144 valence electrons. The van der Waals surface area contributed by atoms with E-state index < -0.39 is 0 Å². The van der Waals surface area contributed by atoms with E-state index in [9.17, 15) is 4.79 Å². The third-order valence-corrected chi connectivity index (χ3v) is 4.91. The summed E-state index contributed by atoms with van der Waals surface area (Å²) in [6, 6.07) is 23.1. The number of hydrazone groups is 1. The number of thiophene rings is 1. The van der Waals surface area contributed by atoms with E-state index in [4.69, 9.17) is 4.74 Å². The highest BCUT2D eigenvalue weighted by molar-refractivity contribution is 7.11. The van der Waals surface area contributed by atoms with Gasteiger partial charge in [0.2, 0.25) is 0 Å². The maximum atomic E-state index is 12.2. The number of H-pyrrole nitrogens is 1. The average Bonchev–Trinajstić information content (AvgIpc) is 3.46. The quantitative estimate of drug-likeness (QED) is 0.353. The van der Waals surface area contributed by atoms with Gasteiger partial charge in [0.25, 0.3) is 5.91 Å². The van der Waals surface area contributed by atoms with E-state index in [2.05, 4.69) is 20.7 Å². The summed E-state index contributed by atoms with van der Waals surface area (Å²) < 4.78 is 5.86. The minimum absolute atomic E-state index is 0.332. The van der Waals surface area contributed by atoms with Gasteiger partial charge in [-0.2, -0.15) is 10.2 Å². The lowest BCUT2D eigenvalue weighted by Crippen LogP contribution is -2.17. The minimum Gasteiger partial charge on any atom is -0.489 e. The molecule has 1 amide bonds. The molecule has 0 bridgehead atoms. The van der Waals surface area contributed by atoms with Crippen LogP contribution in [0.4, 0.5) is 0 Å². The molecule has 4 aromatic rings. The van der Waals surface area contributed by atoms with Crippen molar-refractivity contribution in [1.29, 1.82) is 0 Å². The molecule has 4 rings (SSSR count). The van der Waals surface area contributed by atoms with Gasteiger partial charge in [-0.25, -0.2) is 5.43 Å². The highest BCUT2D eigenvalue weighted by Crippen LogP contribution is 2.23. The number of rotatable bonds is 7. The van der Waals surface area contributed by atoms with Crippen molar-refractivity contribution in [3.8, 4) is 17.0 Å². The van der Waals surface area contributed by atoms with Crippen LogP contribution in [0.1, 0.15) is 20.9 Å². The second kappa shape index (κ2) is 8.99. The van der Waals surface area contributed by atoms with E-state index in [0.29, 0.717) is 18.0 Å². The molecule has 6 nitrogen and oxygen atoms in total. The second-order valence-electron chi connectivity index (χ2n) is 6.18. The van der Waals surface area contributed by atoms with Crippen LogP contribution in [0.2, 0.25) is 0 Å². The number of carbonyl (C=O) groups is 1. The van der Waals surface area contributed by atoms with Gasteiger partial charge in [-0.15, -0.1) is 11.3 Å². The van der Waals surface area contributed by atoms with Gasteiger partial charge in [-0.05, 0) is 35.2 Å². The van der Waals surface area contributed by atoms with E-state index in [1.54, 1.807) is 23.6 Å². The first kappa shape index (κ1) is 18.6. The maximum absolute atomic E-state index is 12.2. The Balaban J connectivity index is 1.40. The fourth-order valence-electron chi connectivity index (χ4n) is 2.65. The average molecular weight is 402 g/mol. The van der Waals surface area contributed by atoms with Crippen LogP contribution in [0, 0.1) is 0 Å². The zero-order chi connectivity index (χ0) is 19.9. The van der Waals surface area contributed by atoms with Crippen LogP contribution in [0.5, 0.6) is 5.75 Å². The zero-order valence-corrected chi connectivity index (χ0v) is 16.2. The highest BCUT2D eigenvalue weighted by Gasteiger charge is 2.11. The summed E-state index contributed by atoms with van der Waals surface area (Å²) in [5, 5.41) is 12.9. The molecule has 2 N–H and O–H groups in total. The van der Waals surface area contributed by atoms with Gasteiger partial charge >= 0.3 is 0 Å². The standard InChI is InChI=1S/C22H18N4O2S/c27-22(26-23-14-19-10-5-11-29-19)21-13-20(24-25-21)17-8-4-9-18(12-17)28-15-16-6-2-1-3-7-16/h1-14H,15H2,(H,24,25)(H,26,27). The fourth-order valence-corrected chi connectivity index (χ4v) is 3.24. The van der Waals surface area contributed by atoms with Crippen LogP contribution in [0.15, 0.2) is 83.3 Å². The van der Waals surface area contributed by atoms with Crippen molar-refractivity contribution in [2.75, 3.05) is 0 Å². The Morgan fingerprint density at radius 1 is 1.10 bits per heavy atom.